The molecule has 8 nitrogen and oxygen atoms in total. The van der Waals surface area contributed by atoms with Crippen LogP contribution in [0.3, 0.4) is 0 Å². The number of sulfonamides is 1. The Hall–Kier alpha value is -2.91. The molecule has 1 N–H and O–H groups in total. The van der Waals surface area contributed by atoms with Crippen LogP contribution in [0.2, 0.25) is 0 Å². The maximum Gasteiger partial charge on any atom is 0.414 e. The van der Waals surface area contributed by atoms with E-state index in [1.807, 2.05) is 24.3 Å². The third-order valence-corrected chi connectivity index (χ3v) is 8.09. The largest absolute Gasteiger partial charge is 0.444 e. The number of carbonyl (C=O) groups excluding carboxylic acids is 2. The first kappa shape index (κ1) is 20.0. The van der Waals surface area contributed by atoms with Crippen LogP contribution in [0.1, 0.15) is 30.4 Å². The summed E-state index contributed by atoms with van der Waals surface area (Å²) in [4.78, 5) is 25.9. The molecule has 2 amide bonds. The van der Waals surface area contributed by atoms with Crippen molar-refractivity contribution in [1.82, 2.24) is 4.31 Å². The van der Waals surface area contributed by atoms with Crippen LogP contribution in [0.5, 0.6) is 0 Å². The number of aryl methyl sites for hydroxylation is 1. The lowest BCUT2D eigenvalue weighted by Crippen LogP contribution is -2.50. The van der Waals surface area contributed by atoms with Crippen molar-refractivity contribution in [2.45, 2.75) is 43.2 Å². The van der Waals surface area contributed by atoms with Gasteiger partial charge in [0.25, 0.3) is 0 Å². The number of benzene rings is 2. The minimum absolute atomic E-state index is 0.0528. The predicted octanol–water partition coefficient (Wildman–Crippen LogP) is 2.88. The summed E-state index contributed by atoms with van der Waals surface area (Å²) in [5, 5.41) is 2.78. The summed E-state index contributed by atoms with van der Waals surface area (Å²) in [6.07, 6.45) is 1.57. The Kier molecular flexibility index (Phi) is 4.94. The second-order valence-electron chi connectivity index (χ2n) is 8.06. The third kappa shape index (κ3) is 3.57. The Labute approximate surface area is 180 Å². The van der Waals surface area contributed by atoms with E-state index in [1.165, 1.54) is 4.31 Å². The number of nitrogens with one attached hydrogen (secondary N) is 1. The van der Waals surface area contributed by atoms with Crippen molar-refractivity contribution in [3.05, 3.63) is 53.6 Å². The Morgan fingerprint density at radius 2 is 1.74 bits per heavy atom. The Bertz CT molecular complexity index is 1160. The molecular weight excluding hydrogens is 418 g/mol. The number of ether oxygens (including phenoxy) is 1. The van der Waals surface area contributed by atoms with Crippen LogP contribution < -0.4 is 10.2 Å². The fraction of sp³-hybridized carbons (Fsp3) is 0.364. The van der Waals surface area contributed by atoms with Crippen LogP contribution >= 0.6 is 0 Å². The van der Waals surface area contributed by atoms with Gasteiger partial charge in [0.15, 0.2) is 0 Å². The minimum Gasteiger partial charge on any atom is -0.444 e. The van der Waals surface area contributed by atoms with E-state index >= 15 is 0 Å². The normalized spacial score (nSPS) is 19.9. The van der Waals surface area contributed by atoms with E-state index in [4.69, 9.17) is 4.74 Å². The summed E-state index contributed by atoms with van der Waals surface area (Å²) in [6, 6.07) is 12.4. The molecule has 5 rings (SSSR count). The van der Waals surface area contributed by atoms with Gasteiger partial charge in [0.05, 0.1) is 10.6 Å². The molecule has 3 aliphatic rings. The number of nitrogens with zero attached hydrogens (tertiary/aromatic N) is 2. The van der Waals surface area contributed by atoms with Crippen molar-refractivity contribution in [2.24, 2.45) is 0 Å². The fourth-order valence-corrected chi connectivity index (χ4v) is 6.05. The molecule has 2 aromatic rings. The molecule has 0 saturated carbocycles. The second-order valence-corrected chi connectivity index (χ2v) is 9.99. The smallest absolute Gasteiger partial charge is 0.414 e. The third-order valence-electron chi connectivity index (χ3n) is 6.20. The zero-order chi connectivity index (χ0) is 21.6. The number of piperidine rings is 1. The molecule has 9 heteroatoms. The number of hydrogen-bond acceptors (Lipinski definition) is 5. The molecule has 3 aliphatic heterocycles. The molecule has 31 heavy (non-hydrogen) atoms. The molecule has 0 unspecified atom stereocenters. The lowest BCUT2D eigenvalue weighted by Gasteiger charge is -2.39. The Balaban J connectivity index is 1.33. The summed E-state index contributed by atoms with van der Waals surface area (Å²) in [5.74, 6) is -0.0528. The van der Waals surface area contributed by atoms with E-state index in [0.717, 1.165) is 16.8 Å². The van der Waals surface area contributed by atoms with Gasteiger partial charge in [-0.3, -0.25) is 9.69 Å². The van der Waals surface area contributed by atoms with E-state index < -0.39 is 10.0 Å². The maximum atomic E-state index is 13.2. The monoisotopic (exact) mass is 441 g/mol. The first-order valence-electron chi connectivity index (χ1n) is 10.4. The van der Waals surface area contributed by atoms with Crippen LogP contribution in [0.4, 0.5) is 16.2 Å². The van der Waals surface area contributed by atoms with Gasteiger partial charge >= 0.3 is 6.09 Å². The molecule has 0 bridgehead atoms. The summed E-state index contributed by atoms with van der Waals surface area (Å²) in [6.45, 7) is 0.914. The predicted molar refractivity (Wildman–Crippen MR) is 114 cm³/mol. The van der Waals surface area contributed by atoms with Crippen LogP contribution in [0, 0.1) is 0 Å². The van der Waals surface area contributed by atoms with Crippen molar-refractivity contribution in [3.8, 4) is 0 Å². The molecule has 0 atom stereocenters. The molecular formula is C22H23N3O5S. The zero-order valence-corrected chi connectivity index (χ0v) is 17.7. The van der Waals surface area contributed by atoms with Gasteiger partial charge in [0.2, 0.25) is 15.9 Å². The molecule has 2 aromatic carbocycles. The zero-order valence-electron chi connectivity index (χ0n) is 16.9. The van der Waals surface area contributed by atoms with Crippen LogP contribution in [-0.4, -0.2) is 43.9 Å². The van der Waals surface area contributed by atoms with Crippen LogP contribution in [0.25, 0.3) is 0 Å². The summed E-state index contributed by atoms with van der Waals surface area (Å²) >= 11 is 0. The number of fused-ring (bicyclic) bond motifs is 2. The van der Waals surface area contributed by atoms with E-state index in [-0.39, 0.29) is 29.5 Å². The number of cyclic esters (lactones) is 1. The van der Waals surface area contributed by atoms with Gasteiger partial charge in [-0.05, 0) is 49.1 Å². The van der Waals surface area contributed by atoms with E-state index in [9.17, 15) is 18.0 Å². The van der Waals surface area contributed by atoms with Gasteiger partial charge in [0, 0.05) is 36.8 Å². The molecule has 0 spiro atoms. The van der Waals surface area contributed by atoms with Gasteiger partial charge < -0.3 is 10.1 Å². The first-order chi connectivity index (χ1) is 14.9. The highest BCUT2D eigenvalue weighted by Crippen LogP contribution is 2.33. The molecule has 0 aliphatic carbocycles. The van der Waals surface area contributed by atoms with Crippen LogP contribution in [-0.2, 0) is 32.6 Å². The minimum atomic E-state index is -3.65. The SMILES string of the molecule is O=C1CCc2cc(S(=O)(=O)N3CCC(N4C(=O)OCc5ccccc54)CC3)ccc2N1. The summed E-state index contributed by atoms with van der Waals surface area (Å²) in [5.41, 5.74) is 3.31. The first-order valence-corrected chi connectivity index (χ1v) is 11.8. The number of hydrogen-bond donors (Lipinski definition) is 1. The molecule has 1 saturated heterocycles. The molecule has 3 heterocycles. The maximum absolute atomic E-state index is 13.2. The van der Waals surface area contributed by atoms with Crippen molar-refractivity contribution >= 4 is 33.4 Å². The molecule has 162 valence electrons. The Morgan fingerprint density at radius 1 is 0.968 bits per heavy atom. The van der Waals surface area contributed by atoms with Crippen molar-refractivity contribution in [1.29, 1.82) is 0 Å². The van der Waals surface area contributed by atoms with Gasteiger partial charge in [-0.25, -0.2) is 13.2 Å². The van der Waals surface area contributed by atoms with Crippen molar-refractivity contribution in [3.63, 3.8) is 0 Å². The van der Waals surface area contributed by atoms with Crippen molar-refractivity contribution in [2.75, 3.05) is 23.3 Å². The second kappa shape index (κ2) is 7.65. The van der Waals surface area contributed by atoms with Crippen molar-refractivity contribution < 1.29 is 22.7 Å². The van der Waals surface area contributed by atoms with Gasteiger partial charge in [-0.1, -0.05) is 18.2 Å². The van der Waals surface area contributed by atoms with E-state index in [1.54, 1.807) is 23.1 Å². The van der Waals surface area contributed by atoms with Gasteiger partial charge in [-0.2, -0.15) is 4.31 Å². The lowest BCUT2D eigenvalue weighted by atomic mass is 10.0. The standard InChI is InChI=1S/C22H23N3O5S/c26-21-8-5-15-13-18(6-7-19(15)23-21)31(28,29)24-11-9-17(10-12-24)25-20-4-2-1-3-16(20)14-30-22(25)27/h1-4,6-7,13,17H,5,8-12,14H2,(H,23,26). The molecule has 0 aromatic heterocycles. The van der Waals surface area contributed by atoms with E-state index in [2.05, 4.69) is 5.32 Å². The Morgan fingerprint density at radius 3 is 2.55 bits per heavy atom. The highest BCUT2D eigenvalue weighted by atomic mass is 32.2. The molecule has 1 fully saturated rings. The summed E-state index contributed by atoms with van der Waals surface area (Å²) in [7, 11) is -3.65. The lowest BCUT2D eigenvalue weighted by molar-refractivity contribution is -0.116. The topological polar surface area (TPSA) is 96.0 Å². The van der Waals surface area contributed by atoms with Gasteiger partial charge in [-0.15, -0.1) is 0 Å². The average molecular weight is 442 g/mol. The average Bonchev–Trinajstić information content (AvgIpc) is 2.78. The highest BCUT2D eigenvalue weighted by molar-refractivity contribution is 7.89. The molecule has 0 radical (unpaired) electrons. The van der Waals surface area contributed by atoms with E-state index in [0.29, 0.717) is 44.5 Å². The van der Waals surface area contributed by atoms with Gasteiger partial charge in [0.1, 0.15) is 6.61 Å². The number of amides is 2. The summed E-state index contributed by atoms with van der Waals surface area (Å²) < 4.78 is 33.2. The fourth-order valence-electron chi connectivity index (χ4n) is 4.53. The van der Waals surface area contributed by atoms with Crippen LogP contribution in [0.15, 0.2) is 47.4 Å². The number of para-hydroxylation sites is 1. The number of rotatable bonds is 3. The quantitative estimate of drug-likeness (QED) is 0.790. The number of anilines is 2. The number of carbonyl (C=O) groups is 2. The highest BCUT2D eigenvalue weighted by Gasteiger charge is 2.37.